The van der Waals surface area contributed by atoms with Crippen LogP contribution < -0.4 is 10.1 Å². The second-order valence-electron chi connectivity index (χ2n) is 5.05. The molecule has 0 aliphatic rings. The highest BCUT2D eigenvalue weighted by Crippen LogP contribution is 2.32. The Hall–Kier alpha value is -1.06. The molecule has 0 fully saturated rings. The predicted molar refractivity (Wildman–Crippen MR) is 77.4 cm³/mol. The van der Waals surface area contributed by atoms with Crippen molar-refractivity contribution in [2.75, 3.05) is 34.8 Å². The largest absolute Gasteiger partial charge is 0.496 e. The molecule has 0 spiro atoms. The zero-order valence-corrected chi connectivity index (χ0v) is 12.5. The van der Waals surface area contributed by atoms with E-state index >= 15 is 0 Å². The second kappa shape index (κ2) is 6.76. The van der Waals surface area contributed by atoms with Crippen LogP contribution in [0, 0.1) is 13.8 Å². The van der Waals surface area contributed by atoms with Gasteiger partial charge >= 0.3 is 0 Å². The highest BCUT2D eigenvalue weighted by atomic mass is 16.5. The summed E-state index contributed by atoms with van der Waals surface area (Å²) < 4.78 is 5.55. The minimum absolute atomic E-state index is 0.381. The predicted octanol–water partition coefficient (Wildman–Crippen LogP) is 2.52. The van der Waals surface area contributed by atoms with Gasteiger partial charge in [0.05, 0.1) is 7.11 Å². The molecule has 18 heavy (non-hydrogen) atoms. The lowest BCUT2D eigenvalue weighted by Crippen LogP contribution is -2.24. The normalized spacial score (nSPS) is 12.8. The molecule has 1 aromatic carbocycles. The summed E-state index contributed by atoms with van der Waals surface area (Å²) in [6, 6.07) is 4.78. The Morgan fingerprint density at radius 3 is 2.33 bits per heavy atom. The molecule has 102 valence electrons. The summed E-state index contributed by atoms with van der Waals surface area (Å²) in [4.78, 5) is 2.25. The lowest BCUT2D eigenvalue weighted by atomic mass is 9.97. The van der Waals surface area contributed by atoms with Gasteiger partial charge in [-0.2, -0.15) is 0 Å². The molecule has 0 aliphatic heterocycles. The minimum atomic E-state index is 0.381. The number of hydrogen-bond acceptors (Lipinski definition) is 3. The van der Waals surface area contributed by atoms with Gasteiger partial charge in [-0.3, -0.25) is 0 Å². The van der Waals surface area contributed by atoms with Crippen molar-refractivity contribution in [3.63, 3.8) is 0 Å². The Balaban J connectivity index is 3.13. The Morgan fingerprint density at radius 1 is 1.22 bits per heavy atom. The number of hydrogen-bond donors (Lipinski definition) is 1. The maximum atomic E-state index is 5.55. The molecule has 3 heteroatoms. The van der Waals surface area contributed by atoms with Crippen LogP contribution >= 0.6 is 0 Å². The van der Waals surface area contributed by atoms with Gasteiger partial charge in [-0.05, 0) is 65.1 Å². The van der Waals surface area contributed by atoms with E-state index in [2.05, 4.69) is 50.3 Å². The van der Waals surface area contributed by atoms with Crippen LogP contribution in [0.2, 0.25) is 0 Å². The average Bonchev–Trinajstić information content (AvgIpc) is 2.33. The van der Waals surface area contributed by atoms with Crippen molar-refractivity contribution in [2.45, 2.75) is 26.3 Å². The monoisotopic (exact) mass is 250 g/mol. The molecule has 1 aromatic rings. The molecule has 3 nitrogen and oxygen atoms in total. The van der Waals surface area contributed by atoms with Crippen LogP contribution in [-0.2, 0) is 0 Å². The van der Waals surface area contributed by atoms with Gasteiger partial charge in [0.15, 0.2) is 0 Å². The molecule has 0 radical (unpaired) electrons. The Labute approximate surface area is 111 Å². The van der Waals surface area contributed by atoms with E-state index in [1.807, 2.05) is 7.05 Å². The first-order valence-electron chi connectivity index (χ1n) is 6.47. The number of nitrogens with zero attached hydrogens (tertiary/aromatic N) is 1. The molecule has 0 saturated carbocycles. The van der Waals surface area contributed by atoms with E-state index in [9.17, 15) is 0 Å². The van der Waals surface area contributed by atoms with E-state index in [4.69, 9.17) is 4.74 Å². The Morgan fingerprint density at radius 2 is 1.83 bits per heavy atom. The number of methoxy groups -OCH3 is 1. The standard InChI is InChI=1S/C15H26N2O/c1-11-9-13(15(18-6)10-12(11)2)14(17(4)5)7-8-16-3/h9-10,14,16H,7-8H2,1-6H3. The quantitative estimate of drug-likeness (QED) is 0.839. The fourth-order valence-corrected chi connectivity index (χ4v) is 2.22. The third-order valence-corrected chi connectivity index (χ3v) is 3.50. The summed E-state index contributed by atoms with van der Waals surface area (Å²) in [5.41, 5.74) is 3.88. The minimum Gasteiger partial charge on any atom is -0.496 e. The topological polar surface area (TPSA) is 24.5 Å². The van der Waals surface area contributed by atoms with E-state index in [0.29, 0.717) is 6.04 Å². The first-order chi connectivity index (χ1) is 8.51. The zero-order valence-electron chi connectivity index (χ0n) is 12.5. The Bertz CT molecular complexity index is 388. The van der Waals surface area contributed by atoms with Crippen LogP contribution in [0.25, 0.3) is 0 Å². The van der Waals surface area contributed by atoms with Crippen molar-refractivity contribution in [1.82, 2.24) is 10.2 Å². The van der Waals surface area contributed by atoms with Crippen LogP contribution in [0.1, 0.15) is 29.2 Å². The van der Waals surface area contributed by atoms with Crippen molar-refractivity contribution in [2.24, 2.45) is 0 Å². The van der Waals surface area contributed by atoms with Gasteiger partial charge in [0.1, 0.15) is 5.75 Å². The number of nitrogens with one attached hydrogen (secondary N) is 1. The molecule has 0 amide bonds. The van der Waals surface area contributed by atoms with Crippen LogP contribution in [-0.4, -0.2) is 39.7 Å². The van der Waals surface area contributed by atoms with E-state index in [-0.39, 0.29) is 0 Å². The van der Waals surface area contributed by atoms with Gasteiger partial charge in [0.25, 0.3) is 0 Å². The highest BCUT2D eigenvalue weighted by molar-refractivity contribution is 5.43. The van der Waals surface area contributed by atoms with Crippen molar-refractivity contribution in [3.8, 4) is 5.75 Å². The van der Waals surface area contributed by atoms with Gasteiger partial charge in [0, 0.05) is 11.6 Å². The van der Waals surface area contributed by atoms with Crippen LogP contribution in [0.3, 0.4) is 0 Å². The maximum Gasteiger partial charge on any atom is 0.123 e. The molecule has 0 aromatic heterocycles. The zero-order chi connectivity index (χ0) is 13.7. The average molecular weight is 250 g/mol. The Kier molecular flexibility index (Phi) is 5.63. The first-order valence-corrected chi connectivity index (χ1v) is 6.47. The molecule has 0 saturated heterocycles. The number of aryl methyl sites for hydroxylation is 2. The molecule has 0 bridgehead atoms. The van der Waals surface area contributed by atoms with Crippen molar-refractivity contribution in [1.29, 1.82) is 0 Å². The summed E-state index contributed by atoms with van der Waals surface area (Å²) in [5, 5.41) is 3.22. The van der Waals surface area contributed by atoms with Gasteiger partial charge in [-0.15, -0.1) is 0 Å². The van der Waals surface area contributed by atoms with E-state index in [0.717, 1.165) is 18.7 Å². The molecule has 1 N–H and O–H groups in total. The smallest absolute Gasteiger partial charge is 0.123 e. The SMILES string of the molecule is CNCCC(c1cc(C)c(C)cc1OC)N(C)C. The van der Waals surface area contributed by atoms with Crippen molar-refractivity contribution >= 4 is 0 Å². The molecule has 1 unspecified atom stereocenters. The summed E-state index contributed by atoms with van der Waals surface area (Å²) in [6.45, 7) is 5.28. The van der Waals surface area contributed by atoms with Crippen LogP contribution in [0.15, 0.2) is 12.1 Å². The van der Waals surface area contributed by atoms with Crippen molar-refractivity contribution in [3.05, 3.63) is 28.8 Å². The fourth-order valence-electron chi connectivity index (χ4n) is 2.22. The maximum absolute atomic E-state index is 5.55. The number of benzene rings is 1. The van der Waals surface area contributed by atoms with Crippen LogP contribution in [0.4, 0.5) is 0 Å². The van der Waals surface area contributed by atoms with Gasteiger partial charge in [-0.1, -0.05) is 6.07 Å². The molecule has 1 rings (SSSR count). The molecule has 1 atom stereocenters. The first kappa shape index (κ1) is 15.0. The lowest BCUT2D eigenvalue weighted by molar-refractivity contribution is 0.273. The van der Waals surface area contributed by atoms with E-state index in [1.54, 1.807) is 7.11 Å². The number of ether oxygens (including phenoxy) is 1. The number of rotatable bonds is 6. The van der Waals surface area contributed by atoms with E-state index < -0.39 is 0 Å². The summed E-state index contributed by atoms with van der Waals surface area (Å²) >= 11 is 0. The summed E-state index contributed by atoms with van der Waals surface area (Å²) in [6.07, 6.45) is 1.07. The van der Waals surface area contributed by atoms with Crippen LogP contribution in [0.5, 0.6) is 5.75 Å². The molecular weight excluding hydrogens is 224 g/mol. The van der Waals surface area contributed by atoms with E-state index in [1.165, 1.54) is 16.7 Å². The third kappa shape index (κ3) is 3.47. The van der Waals surface area contributed by atoms with Gasteiger partial charge in [-0.25, -0.2) is 0 Å². The molecule has 0 aliphatic carbocycles. The summed E-state index contributed by atoms with van der Waals surface area (Å²) in [5.74, 6) is 0.993. The molecular formula is C15H26N2O. The third-order valence-electron chi connectivity index (χ3n) is 3.50. The highest BCUT2D eigenvalue weighted by Gasteiger charge is 2.18. The van der Waals surface area contributed by atoms with Gasteiger partial charge < -0.3 is 15.0 Å². The van der Waals surface area contributed by atoms with Crippen molar-refractivity contribution < 1.29 is 4.74 Å². The second-order valence-corrected chi connectivity index (χ2v) is 5.05. The lowest BCUT2D eigenvalue weighted by Gasteiger charge is -2.27. The summed E-state index contributed by atoms with van der Waals surface area (Å²) in [7, 11) is 7.98. The van der Waals surface area contributed by atoms with Gasteiger partial charge in [0.2, 0.25) is 0 Å². The fraction of sp³-hybridized carbons (Fsp3) is 0.600. The molecule has 0 heterocycles.